The van der Waals surface area contributed by atoms with Gasteiger partial charge in [-0.15, -0.1) is 11.8 Å². The van der Waals surface area contributed by atoms with Crippen molar-refractivity contribution in [1.82, 2.24) is 5.48 Å². The highest BCUT2D eigenvalue weighted by molar-refractivity contribution is 8.00. The van der Waals surface area contributed by atoms with Crippen LogP contribution in [0.5, 0.6) is 0 Å². The summed E-state index contributed by atoms with van der Waals surface area (Å²) in [5.74, 6) is -2.17. The first-order valence-corrected chi connectivity index (χ1v) is 10.7. The number of hydrogen-bond donors (Lipinski definition) is 2. The van der Waals surface area contributed by atoms with Crippen LogP contribution in [0.1, 0.15) is 31.8 Å². The van der Waals surface area contributed by atoms with Gasteiger partial charge in [-0.3, -0.25) is 0 Å². The number of halogens is 7. The molecule has 0 bridgehead atoms. The van der Waals surface area contributed by atoms with E-state index in [9.17, 15) is 40.3 Å². The summed E-state index contributed by atoms with van der Waals surface area (Å²) in [6, 6.07) is 6.14. The first-order valence-electron chi connectivity index (χ1n) is 9.73. The number of carbonyl (C=O) groups excluding carboxylic acids is 2. The van der Waals surface area contributed by atoms with Crippen molar-refractivity contribution in [3.8, 4) is 0 Å². The van der Waals surface area contributed by atoms with E-state index >= 15 is 0 Å². The lowest BCUT2D eigenvalue weighted by Crippen LogP contribution is -2.39. The molecule has 0 aromatic heterocycles. The fourth-order valence-electron chi connectivity index (χ4n) is 3.12. The number of thioether (sulfide) groups is 1. The molecule has 2 N–H and O–H groups in total. The fraction of sp³-hybridized carbons (Fsp3) is 0.333. The molecule has 190 valence electrons. The predicted octanol–water partition coefficient (Wildman–Crippen LogP) is 4.87. The number of benzene rings is 2. The van der Waals surface area contributed by atoms with Crippen molar-refractivity contribution in [2.24, 2.45) is 0 Å². The Hall–Kier alpha value is -2.84. The van der Waals surface area contributed by atoms with E-state index in [0.29, 0.717) is 24.3 Å². The van der Waals surface area contributed by atoms with Crippen LogP contribution in [0, 0.1) is 0 Å². The summed E-state index contributed by atoms with van der Waals surface area (Å²) in [5.41, 5.74) is -0.822. The first kappa shape index (κ1) is 26.8. The van der Waals surface area contributed by atoms with Crippen LogP contribution in [-0.2, 0) is 21.8 Å². The van der Waals surface area contributed by atoms with E-state index < -0.39 is 64.9 Å². The Morgan fingerprint density at radius 1 is 0.857 bits per heavy atom. The van der Waals surface area contributed by atoms with Gasteiger partial charge in [0.05, 0.1) is 27.5 Å². The highest BCUT2D eigenvalue weighted by atomic mass is 32.2. The number of esters is 2. The van der Waals surface area contributed by atoms with Crippen LogP contribution < -0.4 is 5.48 Å². The number of ether oxygens (including phenoxy) is 2. The molecule has 6 nitrogen and oxygen atoms in total. The van der Waals surface area contributed by atoms with Crippen molar-refractivity contribution in [2.75, 3.05) is 6.61 Å². The highest BCUT2D eigenvalue weighted by Gasteiger charge is 2.48. The van der Waals surface area contributed by atoms with Crippen LogP contribution in [0.4, 0.5) is 30.7 Å². The molecule has 1 heterocycles. The van der Waals surface area contributed by atoms with Gasteiger partial charge >= 0.3 is 24.3 Å². The molecule has 1 aliphatic rings. The predicted molar refractivity (Wildman–Crippen MR) is 107 cm³/mol. The normalized spacial score (nSPS) is 22.6. The van der Waals surface area contributed by atoms with Crippen LogP contribution in [0.15, 0.2) is 48.5 Å². The monoisotopic (exact) mass is 527 g/mol. The SMILES string of the molecule is O=C(OC[C@H]1SC(NO)[C@@H](F)[C@@H]1OC(=O)c1ccc(C(F)(F)F)cc1)c1ccc(C(F)(F)F)cc1. The largest absolute Gasteiger partial charge is 0.461 e. The average molecular weight is 527 g/mol. The first-order chi connectivity index (χ1) is 16.3. The third kappa shape index (κ3) is 6.44. The molecule has 0 spiro atoms. The van der Waals surface area contributed by atoms with Crippen LogP contribution in [0.2, 0.25) is 0 Å². The average Bonchev–Trinajstić information content (AvgIpc) is 3.10. The number of rotatable bonds is 6. The summed E-state index contributed by atoms with van der Waals surface area (Å²) in [6.45, 7) is -0.548. The minimum Gasteiger partial charge on any atom is -0.461 e. The van der Waals surface area contributed by atoms with E-state index in [1.807, 2.05) is 0 Å². The van der Waals surface area contributed by atoms with Crippen molar-refractivity contribution in [3.63, 3.8) is 0 Å². The van der Waals surface area contributed by atoms with Crippen molar-refractivity contribution >= 4 is 23.7 Å². The molecule has 0 aliphatic carbocycles. The Morgan fingerprint density at radius 3 is 1.74 bits per heavy atom. The van der Waals surface area contributed by atoms with E-state index in [4.69, 9.17) is 14.7 Å². The second-order valence-corrected chi connectivity index (χ2v) is 8.67. The van der Waals surface area contributed by atoms with E-state index in [1.165, 1.54) is 0 Å². The zero-order valence-corrected chi connectivity index (χ0v) is 18.1. The highest BCUT2D eigenvalue weighted by Crippen LogP contribution is 2.38. The summed E-state index contributed by atoms with van der Waals surface area (Å²) >= 11 is 0.725. The minimum atomic E-state index is -4.63. The van der Waals surface area contributed by atoms with Gasteiger partial charge in [0, 0.05) is 0 Å². The van der Waals surface area contributed by atoms with Crippen LogP contribution in [0.25, 0.3) is 0 Å². The summed E-state index contributed by atoms with van der Waals surface area (Å²) in [6.07, 6.45) is -12.8. The number of hydrogen-bond acceptors (Lipinski definition) is 7. The van der Waals surface area contributed by atoms with Gasteiger partial charge in [-0.05, 0) is 48.5 Å². The van der Waals surface area contributed by atoms with E-state index in [0.717, 1.165) is 36.0 Å². The molecule has 14 heteroatoms. The van der Waals surface area contributed by atoms with Gasteiger partial charge in [0.2, 0.25) is 0 Å². The maximum absolute atomic E-state index is 14.7. The van der Waals surface area contributed by atoms with Gasteiger partial charge in [-0.25, -0.2) is 14.0 Å². The minimum absolute atomic E-state index is 0.215. The Kier molecular flexibility index (Phi) is 7.97. The Labute approximate surface area is 197 Å². The quantitative estimate of drug-likeness (QED) is 0.315. The Morgan fingerprint density at radius 2 is 1.31 bits per heavy atom. The van der Waals surface area contributed by atoms with Gasteiger partial charge in [0.15, 0.2) is 12.3 Å². The summed E-state index contributed by atoms with van der Waals surface area (Å²) in [5, 5.41) is 6.79. The summed E-state index contributed by atoms with van der Waals surface area (Å²) < 4.78 is 101. The number of hydroxylamine groups is 1. The lowest BCUT2D eigenvalue weighted by atomic mass is 10.1. The lowest BCUT2D eigenvalue weighted by molar-refractivity contribution is -0.138. The van der Waals surface area contributed by atoms with E-state index in [1.54, 1.807) is 5.48 Å². The molecule has 2 aromatic carbocycles. The smallest absolute Gasteiger partial charge is 0.416 e. The molecule has 1 fully saturated rings. The molecule has 1 aliphatic heterocycles. The molecular weight excluding hydrogens is 511 g/mol. The standard InChI is InChI=1S/C21H16F7NO5S/c22-15-16(34-19(31)11-3-7-13(8-4-11)21(26,27)28)14(35-17(15)29-32)9-33-18(30)10-1-5-12(6-2-10)20(23,24)25/h1-8,14-17,29,32H,9H2/t14-,15+,16-,17?/m1/s1. The van der Waals surface area contributed by atoms with Crippen LogP contribution >= 0.6 is 11.8 Å². The zero-order valence-electron chi connectivity index (χ0n) is 17.3. The second-order valence-electron chi connectivity index (χ2n) is 7.29. The van der Waals surface area contributed by atoms with Gasteiger partial charge < -0.3 is 14.7 Å². The lowest BCUT2D eigenvalue weighted by Gasteiger charge is -2.21. The molecule has 4 atom stereocenters. The van der Waals surface area contributed by atoms with Gasteiger partial charge in [-0.2, -0.15) is 31.8 Å². The van der Waals surface area contributed by atoms with Crippen molar-refractivity contribution in [2.45, 2.75) is 35.3 Å². The van der Waals surface area contributed by atoms with Gasteiger partial charge in [0.1, 0.15) is 12.0 Å². The maximum Gasteiger partial charge on any atom is 0.416 e. The Balaban J connectivity index is 1.66. The van der Waals surface area contributed by atoms with E-state index in [-0.39, 0.29) is 11.1 Å². The molecule has 3 rings (SSSR count). The van der Waals surface area contributed by atoms with Crippen LogP contribution in [0.3, 0.4) is 0 Å². The van der Waals surface area contributed by atoms with Gasteiger partial charge in [0.25, 0.3) is 0 Å². The molecule has 2 aromatic rings. The Bertz CT molecular complexity index is 1040. The number of carbonyl (C=O) groups is 2. The topological polar surface area (TPSA) is 84.9 Å². The molecule has 35 heavy (non-hydrogen) atoms. The molecular formula is C21H16F7NO5S. The number of nitrogens with one attached hydrogen (secondary N) is 1. The third-order valence-corrected chi connectivity index (χ3v) is 6.35. The second kappa shape index (κ2) is 10.4. The molecule has 1 saturated heterocycles. The third-order valence-electron chi connectivity index (χ3n) is 4.94. The van der Waals surface area contributed by atoms with Gasteiger partial charge in [-0.1, -0.05) is 0 Å². The zero-order chi connectivity index (χ0) is 26.0. The maximum atomic E-state index is 14.7. The molecule has 0 amide bonds. The fourth-order valence-corrected chi connectivity index (χ4v) is 4.37. The van der Waals surface area contributed by atoms with Crippen molar-refractivity contribution in [3.05, 3.63) is 70.8 Å². The van der Waals surface area contributed by atoms with E-state index in [2.05, 4.69) is 0 Å². The summed E-state index contributed by atoms with van der Waals surface area (Å²) in [4.78, 5) is 24.5. The number of alkyl halides is 7. The van der Waals surface area contributed by atoms with Crippen LogP contribution in [-0.4, -0.2) is 46.7 Å². The van der Waals surface area contributed by atoms with Crippen molar-refractivity contribution < 1.29 is 55.0 Å². The molecule has 0 saturated carbocycles. The summed E-state index contributed by atoms with van der Waals surface area (Å²) in [7, 11) is 0. The van der Waals surface area contributed by atoms with Crippen molar-refractivity contribution in [1.29, 1.82) is 0 Å². The molecule has 0 radical (unpaired) electrons. The molecule has 1 unspecified atom stereocenters.